The van der Waals surface area contributed by atoms with Gasteiger partial charge in [0.1, 0.15) is 0 Å². The number of nitrogens with zero attached hydrogens (tertiary/aromatic N) is 1. The van der Waals surface area contributed by atoms with Crippen LogP contribution in [0.3, 0.4) is 0 Å². The van der Waals surface area contributed by atoms with Gasteiger partial charge in [-0.1, -0.05) is 18.2 Å². The van der Waals surface area contributed by atoms with Crippen molar-refractivity contribution < 1.29 is 14.7 Å². The van der Waals surface area contributed by atoms with Gasteiger partial charge in [0.2, 0.25) is 5.91 Å². The summed E-state index contributed by atoms with van der Waals surface area (Å²) in [4.78, 5) is 26.5. The molecule has 0 saturated carbocycles. The number of aromatic carboxylic acids is 1. The minimum Gasteiger partial charge on any atom is -0.478 e. The highest BCUT2D eigenvalue weighted by atomic mass is 16.4. The molecule has 18 heavy (non-hydrogen) atoms. The predicted octanol–water partition coefficient (Wildman–Crippen LogP) is 1.55. The number of nitrogens with two attached hydrogens (primary N) is 1. The average molecular weight is 242 g/mol. The van der Waals surface area contributed by atoms with Crippen LogP contribution in [0.15, 0.2) is 42.6 Å². The third-order valence-corrected chi connectivity index (χ3v) is 2.49. The Morgan fingerprint density at radius 2 is 1.72 bits per heavy atom. The highest BCUT2D eigenvalue weighted by Gasteiger charge is 2.16. The second kappa shape index (κ2) is 4.67. The summed E-state index contributed by atoms with van der Waals surface area (Å²) in [5.74, 6) is -1.72. The van der Waals surface area contributed by atoms with Gasteiger partial charge in [-0.25, -0.2) is 4.79 Å². The van der Waals surface area contributed by atoms with Crippen LogP contribution >= 0.6 is 0 Å². The first kappa shape index (κ1) is 11.8. The topological polar surface area (TPSA) is 93.3 Å². The number of hydrogen-bond acceptors (Lipinski definition) is 3. The monoisotopic (exact) mass is 242 g/mol. The van der Waals surface area contributed by atoms with Crippen molar-refractivity contribution >= 4 is 11.9 Å². The molecule has 1 aromatic carbocycles. The molecule has 5 nitrogen and oxygen atoms in total. The summed E-state index contributed by atoms with van der Waals surface area (Å²) in [6.07, 6.45) is 1.47. The lowest BCUT2D eigenvalue weighted by Crippen LogP contribution is -2.13. The molecule has 0 aliphatic heterocycles. The Morgan fingerprint density at radius 3 is 2.39 bits per heavy atom. The number of amides is 1. The number of hydrogen-bond donors (Lipinski definition) is 2. The molecule has 0 bridgehead atoms. The van der Waals surface area contributed by atoms with Crippen molar-refractivity contribution in [2.24, 2.45) is 5.73 Å². The molecule has 2 rings (SSSR count). The molecule has 0 spiro atoms. The maximum absolute atomic E-state index is 11.3. The molecule has 0 radical (unpaired) electrons. The van der Waals surface area contributed by atoms with Crippen LogP contribution in [0, 0.1) is 0 Å². The van der Waals surface area contributed by atoms with E-state index in [4.69, 9.17) is 10.8 Å². The molecule has 3 N–H and O–H groups in total. The van der Waals surface area contributed by atoms with Crippen molar-refractivity contribution in [3.8, 4) is 11.3 Å². The highest BCUT2D eigenvalue weighted by molar-refractivity contribution is 6.03. The van der Waals surface area contributed by atoms with Crippen LogP contribution in [-0.2, 0) is 0 Å². The maximum atomic E-state index is 11.3. The lowest BCUT2D eigenvalue weighted by Gasteiger charge is -2.08. The van der Waals surface area contributed by atoms with Gasteiger partial charge in [-0.2, -0.15) is 0 Å². The Balaban J connectivity index is 2.70. The summed E-state index contributed by atoms with van der Waals surface area (Å²) >= 11 is 0. The number of benzene rings is 1. The molecule has 0 unspecified atom stereocenters. The molecular weight excluding hydrogens is 232 g/mol. The Morgan fingerprint density at radius 1 is 1.06 bits per heavy atom. The van der Waals surface area contributed by atoms with Crippen LogP contribution in [0.1, 0.15) is 20.7 Å². The summed E-state index contributed by atoms with van der Waals surface area (Å²) in [5, 5.41) is 9.10. The maximum Gasteiger partial charge on any atom is 0.337 e. The molecule has 90 valence electrons. The number of pyridine rings is 1. The number of carbonyl (C=O) groups excluding carboxylic acids is 1. The second-order valence-corrected chi connectivity index (χ2v) is 3.61. The zero-order chi connectivity index (χ0) is 13.1. The van der Waals surface area contributed by atoms with E-state index in [0.717, 1.165) is 0 Å². The first-order chi connectivity index (χ1) is 8.61. The number of primary amides is 1. The zero-order valence-corrected chi connectivity index (χ0v) is 9.33. The fraction of sp³-hybridized carbons (Fsp3) is 0. The third-order valence-electron chi connectivity index (χ3n) is 2.49. The summed E-state index contributed by atoms with van der Waals surface area (Å²) in [6.45, 7) is 0. The standard InChI is InChI=1S/C13H10N2O3/c14-12(16)9-5-2-1-4-8(9)11-10(13(17)18)6-3-7-15-11/h1-7H,(H2,14,16)(H,17,18). The summed E-state index contributed by atoms with van der Waals surface area (Å²) in [5.41, 5.74) is 6.20. The van der Waals surface area contributed by atoms with E-state index in [1.807, 2.05) is 0 Å². The number of carbonyl (C=O) groups is 2. The first-order valence-electron chi connectivity index (χ1n) is 5.19. The molecule has 0 fully saturated rings. The molecule has 0 aliphatic rings. The zero-order valence-electron chi connectivity index (χ0n) is 9.33. The van der Waals surface area contributed by atoms with Gasteiger partial charge in [-0.15, -0.1) is 0 Å². The Bertz CT molecular complexity index is 568. The molecule has 1 amide bonds. The number of carboxylic acid groups (broad SMARTS) is 1. The second-order valence-electron chi connectivity index (χ2n) is 3.61. The number of carboxylic acids is 1. The van der Waals surface area contributed by atoms with Gasteiger partial charge < -0.3 is 10.8 Å². The Labute approximate surface area is 103 Å². The lowest BCUT2D eigenvalue weighted by molar-refractivity contribution is 0.0697. The molecule has 5 heteroatoms. The van der Waals surface area contributed by atoms with Crippen LogP contribution in [0.5, 0.6) is 0 Å². The van der Waals surface area contributed by atoms with Crippen LogP contribution in [0.25, 0.3) is 11.3 Å². The van der Waals surface area contributed by atoms with Crippen molar-refractivity contribution in [1.82, 2.24) is 4.98 Å². The van der Waals surface area contributed by atoms with Gasteiger partial charge in [0.25, 0.3) is 0 Å². The van der Waals surface area contributed by atoms with Crippen molar-refractivity contribution in [2.45, 2.75) is 0 Å². The lowest BCUT2D eigenvalue weighted by atomic mass is 10.00. The van der Waals surface area contributed by atoms with Crippen molar-refractivity contribution in [1.29, 1.82) is 0 Å². The van der Waals surface area contributed by atoms with E-state index in [-0.39, 0.29) is 16.8 Å². The highest BCUT2D eigenvalue weighted by Crippen LogP contribution is 2.24. The van der Waals surface area contributed by atoms with Gasteiger partial charge in [-0.3, -0.25) is 9.78 Å². The van der Waals surface area contributed by atoms with E-state index in [2.05, 4.69) is 4.98 Å². The van der Waals surface area contributed by atoms with Crippen LogP contribution in [-0.4, -0.2) is 22.0 Å². The van der Waals surface area contributed by atoms with E-state index in [0.29, 0.717) is 5.56 Å². The largest absolute Gasteiger partial charge is 0.478 e. The molecule has 2 aromatic rings. The smallest absolute Gasteiger partial charge is 0.337 e. The Kier molecular flexibility index (Phi) is 3.05. The van der Waals surface area contributed by atoms with Crippen molar-refractivity contribution in [2.75, 3.05) is 0 Å². The minimum absolute atomic E-state index is 0.0335. The predicted molar refractivity (Wildman–Crippen MR) is 65.2 cm³/mol. The molecular formula is C13H10N2O3. The van der Waals surface area contributed by atoms with E-state index in [1.165, 1.54) is 24.4 Å². The van der Waals surface area contributed by atoms with Crippen LogP contribution in [0.2, 0.25) is 0 Å². The van der Waals surface area contributed by atoms with Crippen LogP contribution < -0.4 is 5.73 Å². The van der Waals surface area contributed by atoms with E-state index in [9.17, 15) is 9.59 Å². The SMILES string of the molecule is NC(=O)c1ccccc1-c1ncccc1C(=O)O. The third kappa shape index (κ3) is 2.06. The van der Waals surface area contributed by atoms with Gasteiger partial charge >= 0.3 is 5.97 Å². The van der Waals surface area contributed by atoms with Crippen molar-refractivity contribution in [3.63, 3.8) is 0 Å². The fourth-order valence-electron chi connectivity index (χ4n) is 1.70. The van der Waals surface area contributed by atoms with Crippen LogP contribution in [0.4, 0.5) is 0 Å². The first-order valence-corrected chi connectivity index (χ1v) is 5.19. The number of aromatic nitrogens is 1. The number of rotatable bonds is 3. The molecule has 1 heterocycles. The van der Waals surface area contributed by atoms with Crippen molar-refractivity contribution in [3.05, 3.63) is 53.7 Å². The molecule has 1 aromatic heterocycles. The summed E-state index contributed by atoms with van der Waals surface area (Å²) in [6, 6.07) is 9.48. The Hall–Kier alpha value is -2.69. The quantitative estimate of drug-likeness (QED) is 0.853. The van der Waals surface area contributed by atoms with Gasteiger partial charge in [0.05, 0.1) is 11.3 Å². The minimum atomic E-state index is -1.10. The molecule has 0 atom stereocenters. The normalized spacial score (nSPS) is 10.0. The summed E-state index contributed by atoms with van der Waals surface area (Å²) in [7, 11) is 0. The average Bonchev–Trinajstić information content (AvgIpc) is 2.38. The molecule has 0 aliphatic carbocycles. The fourth-order valence-corrected chi connectivity index (χ4v) is 1.70. The van der Waals surface area contributed by atoms with Gasteiger partial charge in [0, 0.05) is 17.3 Å². The summed E-state index contributed by atoms with van der Waals surface area (Å²) < 4.78 is 0. The van der Waals surface area contributed by atoms with E-state index >= 15 is 0 Å². The van der Waals surface area contributed by atoms with E-state index in [1.54, 1.807) is 18.2 Å². The van der Waals surface area contributed by atoms with Gasteiger partial charge in [-0.05, 0) is 18.2 Å². The molecule has 0 saturated heterocycles. The van der Waals surface area contributed by atoms with E-state index < -0.39 is 11.9 Å². The van der Waals surface area contributed by atoms with Gasteiger partial charge in [0.15, 0.2) is 0 Å².